The van der Waals surface area contributed by atoms with Gasteiger partial charge in [0.25, 0.3) is 0 Å². The van der Waals surface area contributed by atoms with Crippen molar-refractivity contribution in [2.45, 2.75) is 32.1 Å². The molecule has 1 aromatic carbocycles. The van der Waals surface area contributed by atoms with Crippen LogP contribution in [0.2, 0.25) is 0 Å². The van der Waals surface area contributed by atoms with Crippen LogP contribution in [0.5, 0.6) is 5.75 Å². The van der Waals surface area contributed by atoms with E-state index in [0.29, 0.717) is 6.54 Å². The quantitative estimate of drug-likeness (QED) is 0.837. The molecule has 0 saturated carbocycles. The highest BCUT2D eigenvalue weighted by Gasteiger charge is 2.33. The van der Waals surface area contributed by atoms with Crippen molar-refractivity contribution in [3.63, 3.8) is 0 Å². The van der Waals surface area contributed by atoms with Crippen LogP contribution in [-0.2, 0) is 0 Å². The molecule has 0 aromatic heterocycles. The van der Waals surface area contributed by atoms with Crippen LogP contribution in [0.15, 0.2) is 24.3 Å². The Kier molecular flexibility index (Phi) is 6.48. The number of hydrogen-bond donors (Lipinski definition) is 1. The van der Waals surface area contributed by atoms with E-state index < -0.39 is 12.7 Å². The molecule has 0 heterocycles. The summed E-state index contributed by atoms with van der Waals surface area (Å²) in [7, 11) is 3.07. The van der Waals surface area contributed by atoms with Gasteiger partial charge in [-0.25, -0.2) is 0 Å². The van der Waals surface area contributed by atoms with Gasteiger partial charge in [-0.15, -0.1) is 0 Å². The molecule has 0 radical (unpaired) electrons. The summed E-state index contributed by atoms with van der Waals surface area (Å²) in [6, 6.07) is 6.92. The lowest BCUT2D eigenvalue weighted by Crippen LogP contribution is -2.44. The Morgan fingerprint density at radius 3 is 2.24 bits per heavy atom. The number of nitrogens with zero attached hydrogens (tertiary/aromatic N) is 1. The fourth-order valence-electron chi connectivity index (χ4n) is 2.28. The number of likely N-dealkylation sites (N-methyl/N-ethyl adjacent to an activating group) is 2. The Morgan fingerprint density at radius 2 is 1.81 bits per heavy atom. The summed E-state index contributed by atoms with van der Waals surface area (Å²) in [5.41, 5.74) is 0.944. The van der Waals surface area contributed by atoms with Gasteiger partial charge in [0.05, 0.1) is 13.7 Å². The predicted molar refractivity (Wildman–Crippen MR) is 77.6 cm³/mol. The van der Waals surface area contributed by atoms with E-state index in [1.54, 1.807) is 14.0 Å². The highest BCUT2D eigenvalue weighted by atomic mass is 19.4. The van der Waals surface area contributed by atoms with Gasteiger partial charge in [0.2, 0.25) is 0 Å². The summed E-state index contributed by atoms with van der Waals surface area (Å²) in [5, 5.41) is 3.25. The molecular formula is C15H23F3N2O. The van der Waals surface area contributed by atoms with Gasteiger partial charge in [-0.2, -0.15) is 13.2 Å². The number of methoxy groups -OCH3 is 1. The zero-order valence-corrected chi connectivity index (χ0v) is 12.9. The molecule has 0 aliphatic heterocycles. The lowest BCUT2D eigenvalue weighted by molar-refractivity contribution is -0.148. The number of benzene rings is 1. The summed E-state index contributed by atoms with van der Waals surface area (Å²) in [6.45, 7) is 3.49. The molecule has 6 heteroatoms. The van der Waals surface area contributed by atoms with Crippen molar-refractivity contribution in [2.75, 3.05) is 27.2 Å². The average molecular weight is 304 g/mol. The molecule has 0 amide bonds. The van der Waals surface area contributed by atoms with E-state index in [0.717, 1.165) is 11.3 Å². The molecule has 0 fully saturated rings. The minimum Gasteiger partial charge on any atom is -0.497 e. The molecule has 0 bridgehead atoms. The lowest BCUT2D eigenvalue weighted by atomic mass is 9.99. The van der Waals surface area contributed by atoms with E-state index in [9.17, 15) is 13.2 Å². The van der Waals surface area contributed by atoms with E-state index >= 15 is 0 Å². The fraction of sp³-hybridized carbons (Fsp3) is 0.600. The minimum atomic E-state index is -4.19. The highest BCUT2D eigenvalue weighted by Crippen LogP contribution is 2.25. The number of alkyl halides is 3. The highest BCUT2D eigenvalue weighted by molar-refractivity contribution is 5.29. The van der Waals surface area contributed by atoms with Crippen molar-refractivity contribution in [3.05, 3.63) is 29.8 Å². The lowest BCUT2D eigenvalue weighted by Gasteiger charge is -2.33. The van der Waals surface area contributed by atoms with Crippen molar-refractivity contribution in [1.82, 2.24) is 10.2 Å². The Hall–Kier alpha value is -1.27. The Bertz CT molecular complexity index is 420. The first kappa shape index (κ1) is 17.8. The van der Waals surface area contributed by atoms with Crippen LogP contribution < -0.4 is 10.1 Å². The molecule has 0 saturated heterocycles. The second-order valence-corrected chi connectivity index (χ2v) is 5.08. The van der Waals surface area contributed by atoms with Gasteiger partial charge in [-0.3, -0.25) is 4.90 Å². The van der Waals surface area contributed by atoms with Crippen LogP contribution in [0.3, 0.4) is 0 Å². The molecule has 2 unspecified atom stereocenters. The van der Waals surface area contributed by atoms with Gasteiger partial charge in [-0.1, -0.05) is 19.1 Å². The fourth-order valence-corrected chi connectivity index (χ4v) is 2.28. The number of rotatable bonds is 7. The molecule has 120 valence electrons. The first-order valence-corrected chi connectivity index (χ1v) is 6.92. The second-order valence-electron chi connectivity index (χ2n) is 5.08. The van der Waals surface area contributed by atoms with E-state index in [1.165, 1.54) is 11.9 Å². The second kappa shape index (κ2) is 7.66. The topological polar surface area (TPSA) is 24.5 Å². The molecule has 0 spiro atoms. The van der Waals surface area contributed by atoms with Gasteiger partial charge in [0.15, 0.2) is 0 Å². The van der Waals surface area contributed by atoms with Crippen LogP contribution >= 0.6 is 0 Å². The molecule has 2 atom stereocenters. The molecule has 1 aromatic rings. The molecule has 3 nitrogen and oxygen atoms in total. The summed E-state index contributed by atoms with van der Waals surface area (Å²) >= 11 is 0. The van der Waals surface area contributed by atoms with Crippen molar-refractivity contribution < 1.29 is 17.9 Å². The van der Waals surface area contributed by atoms with Crippen LogP contribution in [0.1, 0.15) is 25.5 Å². The average Bonchev–Trinajstić information content (AvgIpc) is 2.42. The molecule has 0 aliphatic carbocycles. The smallest absolute Gasteiger partial charge is 0.401 e. The Balaban J connectivity index is 2.88. The minimum absolute atomic E-state index is 0.173. The van der Waals surface area contributed by atoms with Gasteiger partial charge in [0.1, 0.15) is 5.75 Å². The third kappa shape index (κ3) is 5.55. The molecule has 21 heavy (non-hydrogen) atoms. The molecular weight excluding hydrogens is 281 g/mol. The van der Waals surface area contributed by atoms with E-state index in [1.807, 2.05) is 31.2 Å². The number of halogens is 3. The van der Waals surface area contributed by atoms with Crippen LogP contribution in [0, 0.1) is 0 Å². The number of hydrogen-bond acceptors (Lipinski definition) is 3. The van der Waals surface area contributed by atoms with Crippen molar-refractivity contribution in [1.29, 1.82) is 0 Å². The van der Waals surface area contributed by atoms with E-state index in [2.05, 4.69) is 5.32 Å². The number of ether oxygens (including phenoxy) is 1. The van der Waals surface area contributed by atoms with Gasteiger partial charge in [0, 0.05) is 12.1 Å². The Labute approximate surface area is 124 Å². The molecule has 1 N–H and O–H groups in total. The third-order valence-corrected chi connectivity index (χ3v) is 3.51. The third-order valence-electron chi connectivity index (χ3n) is 3.51. The van der Waals surface area contributed by atoms with E-state index in [4.69, 9.17) is 4.74 Å². The van der Waals surface area contributed by atoms with Gasteiger partial charge < -0.3 is 10.1 Å². The maximum absolute atomic E-state index is 12.5. The van der Waals surface area contributed by atoms with E-state index in [-0.39, 0.29) is 12.1 Å². The van der Waals surface area contributed by atoms with Crippen molar-refractivity contribution >= 4 is 0 Å². The summed E-state index contributed by atoms with van der Waals surface area (Å²) in [4.78, 5) is 1.32. The maximum atomic E-state index is 12.5. The monoisotopic (exact) mass is 304 g/mol. The van der Waals surface area contributed by atoms with Crippen molar-refractivity contribution in [2.24, 2.45) is 0 Å². The maximum Gasteiger partial charge on any atom is 0.401 e. The molecule has 1 rings (SSSR count). The van der Waals surface area contributed by atoms with Crippen molar-refractivity contribution in [3.8, 4) is 5.75 Å². The summed E-state index contributed by atoms with van der Waals surface area (Å²) in [6.07, 6.45) is -4.19. The zero-order chi connectivity index (χ0) is 16.0. The normalized spacial score (nSPS) is 15.0. The number of nitrogens with one attached hydrogen (secondary N) is 1. The largest absolute Gasteiger partial charge is 0.497 e. The standard InChI is InChI=1S/C15H23F3N2O/c1-5-19-14(11(2)20(3)10-15(16,17)18)12-6-8-13(21-4)9-7-12/h6-9,11,14,19H,5,10H2,1-4H3. The predicted octanol–water partition coefficient (Wildman–Crippen LogP) is 3.23. The first-order chi connectivity index (χ1) is 9.78. The van der Waals surface area contributed by atoms with Crippen LogP contribution in [-0.4, -0.2) is 44.4 Å². The summed E-state index contributed by atoms with van der Waals surface area (Å²) < 4.78 is 42.7. The van der Waals surface area contributed by atoms with Crippen LogP contribution in [0.25, 0.3) is 0 Å². The zero-order valence-electron chi connectivity index (χ0n) is 12.9. The van der Waals surface area contributed by atoms with Gasteiger partial charge in [-0.05, 0) is 38.2 Å². The van der Waals surface area contributed by atoms with Crippen LogP contribution in [0.4, 0.5) is 13.2 Å². The Morgan fingerprint density at radius 1 is 1.24 bits per heavy atom. The first-order valence-electron chi connectivity index (χ1n) is 6.92. The molecule has 0 aliphatic rings. The van der Waals surface area contributed by atoms with Gasteiger partial charge >= 0.3 is 6.18 Å². The SMILES string of the molecule is CCNC(c1ccc(OC)cc1)C(C)N(C)CC(F)(F)F. The summed E-state index contributed by atoms with van der Waals surface area (Å²) in [5.74, 6) is 0.727.